The summed E-state index contributed by atoms with van der Waals surface area (Å²) in [6, 6.07) is 17.1. The van der Waals surface area contributed by atoms with Crippen molar-refractivity contribution in [2.75, 3.05) is 74.7 Å². The van der Waals surface area contributed by atoms with Gasteiger partial charge >= 0.3 is 5.97 Å². The van der Waals surface area contributed by atoms with Gasteiger partial charge in [-0.2, -0.15) is 0 Å². The Kier molecular flexibility index (Phi) is 32.2. The van der Waals surface area contributed by atoms with Crippen LogP contribution in [0.1, 0.15) is 105 Å². The highest BCUT2D eigenvalue weighted by atomic mass is 19.1. The number of amides is 3. The number of benzene rings is 3. The monoisotopic (exact) mass is 1340 g/mol. The number of carbonyl (C=O) groups is 9. The number of carboxylic acid groups (broad SMARTS) is 1. The minimum atomic E-state index is -1.14. The lowest BCUT2D eigenvalue weighted by molar-refractivity contribution is -0.146. The van der Waals surface area contributed by atoms with Gasteiger partial charge in [-0.05, 0) is 107 Å². The van der Waals surface area contributed by atoms with E-state index in [9.17, 15) is 56.3 Å². The number of epoxide rings is 3. The summed E-state index contributed by atoms with van der Waals surface area (Å²) in [5.41, 5.74) is 6.04. The fourth-order valence-electron chi connectivity index (χ4n) is 9.21. The van der Waals surface area contributed by atoms with Crippen molar-refractivity contribution < 1.29 is 104 Å². The number of aromatic nitrogens is 2. The molecule has 25 nitrogen and oxygen atoms in total. The Bertz CT molecular complexity index is 3250. The Morgan fingerprint density at radius 3 is 1.23 bits per heavy atom. The molecule has 3 aliphatic rings. The lowest BCUT2D eigenvalue weighted by atomic mass is 9.90. The van der Waals surface area contributed by atoms with E-state index in [0.29, 0.717) is 43.1 Å². The number of nitrogens with zero attached hydrogens (tertiary/aromatic N) is 2. The Morgan fingerprint density at radius 1 is 0.526 bits per heavy atom. The van der Waals surface area contributed by atoms with Crippen LogP contribution >= 0.6 is 0 Å². The number of Topliss-reactive ketones (excluding diaryl/α,β-unsaturated/α-hetero) is 5. The number of carbonyl (C=O) groups excluding carboxylic acids is 8. The van der Waals surface area contributed by atoms with Crippen molar-refractivity contribution >= 4 is 52.6 Å². The van der Waals surface area contributed by atoms with Crippen molar-refractivity contribution in [1.29, 1.82) is 0 Å². The average Bonchev–Trinajstić information content (AvgIpc) is 1.66. The fourth-order valence-corrected chi connectivity index (χ4v) is 9.21. The number of carboxylic acids is 1. The second kappa shape index (κ2) is 37.8. The van der Waals surface area contributed by atoms with Gasteiger partial charge < -0.3 is 69.0 Å². The normalized spacial score (nSPS) is 19.2. The smallest absolute Gasteiger partial charge is 0.309 e. The molecule has 3 saturated heterocycles. The van der Waals surface area contributed by atoms with Gasteiger partial charge in [0.2, 0.25) is 5.91 Å². The highest BCUT2D eigenvalue weighted by molar-refractivity contribution is 6.00. The molecule has 0 aliphatic carbocycles. The number of ketones is 5. The number of nitrogens with one attached hydrogen (secondary N) is 3. The minimum Gasteiger partial charge on any atom is -0.481 e. The van der Waals surface area contributed by atoms with Gasteiger partial charge in [-0.25, -0.2) is 13.2 Å². The van der Waals surface area contributed by atoms with E-state index in [2.05, 4.69) is 26.3 Å². The Labute approximate surface area is 550 Å². The number of ether oxygens (including phenoxy) is 7. The van der Waals surface area contributed by atoms with Gasteiger partial charge in [-0.3, -0.25) is 43.2 Å². The predicted molar refractivity (Wildman–Crippen MR) is 337 cm³/mol. The largest absolute Gasteiger partial charge is 0.481 e. The molecule has 5 aromatic rings. The number of hydrogen-bond donors (Lipinski definition) is 5. The third kappa shape index (κ3) is 25.8. The maximum Gasteiger partial charge on any atom is 0.309 e. The quantitative estimate of drug-likeness (QED) is 0.0305. The molecule has 3 amide bonds. The highest BCUT2D eigenvalue weighted by Crippen LogP contribution is 2.32. The first-order valence-corrected chi connectivity index (χ1v) is 29.5. The van der Waals surface area contributed by atoms with Gasteiger partial charge in [0.25, 0.3) is 11.8 Å². The number of nitrogens with two attached hydrogens (primary N) is 1. The Morgan fingerprint density at radius 2 is 0.874 bits per heavy atom. The topological polar surface area (TPSA) is 363 Å². The number of hydrogen-bond acceptors (Lipinski definition) is 21. The molecule has 28 heteroatoms. The molecule has 10 atom stereocenters. The number of halogens is 3. The summed E-state index contributed by atoms with van der Waals surface area (Å²) in [5, 5.41) is 24.0. The fraction of sp³-hybridized carbons (Fsp3) is 0.507. The third-order valence-electron chi connectivity index (χ3n) is 15.0. The Balaban J connectivity index is 0.000000352. The second-order valence-electron chi connectivity index (χ2n) is 23.3. The standard InChI is InChI=1S/C26H32FN3O8.C14H20N2O7.C13H15FO2.C12H14FNO2.2CH4/c1-15-9-20(30-38-15)25(34)29-21(13-36-4)22(31)11-17(12-35-3)24(33)28-19(23(32)26(2)14-37-26)10-16-5-7-18(27)8-6-16;1-8-4-10(16-23-8)13(18)15-11(7-22-3)12(17)5-9(6-21-2)14(19)20;1-9(12(15)13(2)8-16-13)7-10-3-5-11(14)6-4-10;1-12(7-16-12)11(15)10(14)6-8-2-4-9(13)5-3-8;;/h5-9,17,19,21H,10-14H2,1-4H3,(H,28,33)(H,29,34);4,9,11H,5-7H2,1-3H3,(H,15,18)(H,19,20);3-6,9H,7-8H2,1-2H3;2-5,10H,6-7,14H2,1H3;2*1H4/t17-,19-,21-,26+;9-,11-;9-,13+;10-,12+;;/m0000../s1. The molecule has 3 aliphatic heterocycles. The molecule has 0 saturated carbocycles. The van der Waals surface area contributed by atoms with E-state index < -0.39 is 93.9 Å². The summed E-state index contributed by atoms with van der Waals surface area (Å²) in [4.78, 5) is 111. The van der Waals surface area contributed by atoms with Crippen LogP contribution in [0, 0.1) is 49.1 Å². The van der Waals surface area contributed by atoms with E-state index in [0.717, 1.165) is 11.1 Å². The summed E-state index contributed by atoms with van der Waals surface area (Å²) in [6.07, 6.45) is 0.583. The maximum atomic E-state index is 13.4. The predicted octanol–water partition coefficient (Wildman–Crippen LogP) is 5.90. The lowest BCUT2D eigenvalue weighted by Crippen LogP contribution is -2.51. The van der Waals surface area contributed by atoms with Crippen LogP contribution < -0.4 is 21.7 Å². The van der Waals surface area contributed by atoms with Crippen LogP contribution in [0.2, 0.25) is 0 Å². The zero-order valence-corrected chi connectivity index (χ0v) is 53.5. The van der Waals surface area contributed by atoms with Crippen molar-refractivity contribution in [2.45, 2.75) is 129 Å². The van der Waals surface area contributed by atoms with E-state index in [1.807, 2.05) is 13.8 Å². The molecular weight excluding hydrogens is 1250 g/mol. The molecule has 0 spiro atoms. The summed E-state index contributed by atoms with van der Waals surface area (Å²) >= 11 is 0. The number of methoxy groups -OCH3 is 4. The molecule has 0 radical (unpaired) electrons. The number of aryl methyl sites for hydroxylation is 2. The molecule has 3 fully saturated rings. The van der Waals surface area contributed by atoms with E-state index in [-0.39, 0.29) is 113 Å². The SMILES string of the molecule is C.C.COC[C@H](CC(=O)[C@H](COC)NC(=O)c1cc(C)on1)C(=O)N[C@@H](Cc1ccc(F)cc1)C(=O)[C@@]1(C)CO1.COC[C@H](CC(=O)[C@H](COC)NC(=O)c1cc(C)on1)C(=O)O.C[C@@H](Cc1ccc(F)cc1)C(=O)[C@@]1(C)CO1.C[C@]1(C(=O)[C@@H](N)Cc2ccc(F)cc2)CO1. The highest BCUT2D eigenvalue weighted by Gasteiger charge is 2.51. The first-order valence-electron chi connectivity index (χ1n) is 29.5. The minimum absolute atomic E-state index is 0. The van der Waals surface area contributed by atoms with Crippen LogP contribution in [0.3, 0.4) is 0 Å². The summed E-state index contributed by atoms with van der Waals surface area (Å²) in [5.74, 6) is -6.30. The van der Waals surface area contributed by atoms with Crippen molar-refractivity contribution in [2.24, 2.45) is 23.5 Å². The maximum absolute atomic E-state index is 13.4. The molecule has 3 aromatic carbocycles. The van der Waals surface area contributed by atoms with Crippen molar-refractivity contribution in [3.8, 4) is 0 Å². The third-order valence-corrected chi connectivity index (χ3v) is 15.0. The summed E-state index contributed by atoms with van der Waals surface area (Å²) in [6.45, 7) is 11.1. The molecule has 0 bridgehead atoms. The van der Waals surface area contributed by atoms with Gasteiger partial charge in [0.15, 0.2) is 40.3 Å². The van der Waals surface area contributed by atoms with E-state index in [4.69, 9.17) is 53.0 Å². The second-order valence-corrected chi connectivity index (χ2v) is 23.3. The van der Waals surface area contributed by atoms with Crippen LogP contribution in [0.4, 0.5) is 13.2 Å². The van der Waals surface area contributed by atoms with Crippen LogP contribution in [0.25, 0.3) is 0 Å². The average molecular weight is 1340 g/mol. The molecule has 2 aromatic heterocycles. The molecule has 95 heavy (non-hydrogen) atoms. The lowest BCUT2D eigenvalue weighted by Gasteiger charge is -2.24. The van der Waals surface area contributed by atoms with E-state index in [1.54, 1.807) is 52.0 Å². The molecular formula is C67H89F3N6O19. The zero-order chi connectivity index (χ0) is 68.8. The van der Waals surface area contributed by atoms with Gasteiger partial charge in [0.1, 0.15) is 57.9 Å². The number of rotatable bonds is 33. The van der Waals surface area contributed by atoms with Crippen LogP contribution in [-0.2, 0) is 86.0 Å². The molecule has 0 unspecified atom stereocenters. The molecule has 522 valence electrons. The van der Waals surface area contributed by atoms with Gasteiger partial charge in [-0.1, -0.05) is 68.5 Å². The first kappa shape index (κ1) is 81.0. The zero-order valence-electron chi connectivity index (χ0n) is 53.5. The van der Waals surface area contributed by atoms with Gasteiger partial charge in [0, 0.05) is 59.3 Å². The summed E-state index contributed by atoms with van der Waals surface area (Å²) in [7, 11) is 5.47. The Hall–Kier alpha value is -8.22. The van der Waals surface area contributed by atoms with E-state index >= 15 is 0 Å². The molecule has 5 heterocycles. The number of aliphatic carboxylic acids is 1. The van der Waals surface area contributed by atoms with Crippen molar-refractivity contribution in [3.05, 3.63) is 142 Å². The van der Waals surface area contributed by atoms with Crippen molar-refractivity contribution in [3.63, 3.8) is 0 Å². The van der Waals surface area contributed by atoms with Crippen LogP contribution in [0.15, 0.2) is 94.0 Å². The van der Waals surface area contributed by atoms with Crippen molar-refractivity contribution in [1.82, 2.24) is 26.3 Å². The van der Waals surface area contributed by atoms with Gasteiger partial charge in [-0.15, -0.1) is 0 Å². The first-order chi connectivity index (χ1) is 44.0. The molecule has 8 rings (SSSR count). The van der Waals surface area contributed by atoms with Crippen LogP contribution in [0.5, 0.6) is 0 Å². The van der Waals surface area contributed by atoms with E-state index in [1.165, 1.54) is 89.1 Å². The van der Waals surface area contributed by atoms with Crippen LogP contribution in [-0.4, -0.2) is 184 Å². The summed E-state index contributed by atoms with van der Waals surface area (Å²) < 4.78 is 83.8. The van der Waals surface area contributed by atoms with Gasteiger partial charge in [0.05, 0.1) is 70.2 Å². The molecule has 6 N–H and O–H groups in total.